The van der Waals surface area contributed by atoms with Gasteiger partial charge in [0.15, 0.2) is 0 Å². The number of carbonyl (C=O) groups excluding carboxylic acids is 1. The SMILES string of the molecule is O=C(O)C(F)(F)F.O=C(O)C(F)(F)F.O=C(c1ccccn1)N1Cc2nccn2CC(CN2CCOCC2)C1. The fraction of sp³-hybridized carbons (Fsp3) is 0.500. The van der Waals surface area contributed by atoms with Crippen LogP contribution >= 0.6 is 0 Å². The molecule has 2 aliphatic rings. The van der Waals surface area contributed by atoms with E-state index in [0.717, 1.165) is 51.8 Å². The molecule has 39 heavy (non-hydrogen) atoms. The number of carboxylic acid groups (broad SMARTS) is 2. The molecule has 1 saturated heterocycles. The van der Waals surface area contributed by atoms with E-state index < -0.39 is 24.3 Å². The fourth-order valence-corrected chi connectivity index (χ4v) is 3.61. The van der Waals surface area contributed by atoms with Crippen molar-refractivity contribution in [3.8, 4) is 0 Å². The number of carbonyl (C=O) groups is 3. The summed E-state index contributed by atoms with van der Waals surface area (Å²) in [5.41, 5.74) is 0.493. The van der Waals surface area contributed by atoms with Gasteiger partial charge in [0.05, 0.1) is 19.8 Å². The van der Waals surface area contributed by atoms with Crippen LogP contribution < -0.4 is 0 Å². The zero-order valence-electron chi connectivity index (χ0n) is 20.2. The minimum Gasteiger partial charge on any atom is -0.475 e. The van der Waals surface area contributed by atoms with Crippen LogP contribution in [0.1, 0.15) is 16.3 Å². The monoisotopic (exact) mass is 569 g/mol. The minimum absolute atomic E-state index is 0.0240. The summed E-state index contributed by atoms with van der Waals surface area (Å²) in [7, 11) is 0. The van der Waals surface area contributed by atoms with E-state index in [1.807, 2.05) is 29.4 Å². The van der Waals surface area contributed by atoms with Crippen molar-refractivity contribution in [2.45, 2.75) is 25.4 Å². The van der Waals surface area contributed by atoms with Gasteiger partial charge in [-0.1, -0.05) is 6.07 Å². The summed E-state index contributed by atoms with van der Waals surface area (Å²) in [6, 6.07) is 5.45. The predicted molar refractivity (Wildman–Crippen MR) is 119 cm³/mol. The molecule has 0 saturated carbocycles. The lowest BCUT2D eigenvalue weighted by molar-refractivity contribution is -0.193. The lowest BCUT2D eigenvalue weighted by Gasteiger charge is -2.31. The van der Waals surface area contributed by atoms with Crippen molar-refractivity contribution < 1.29 is 55.7 Å². The van der Waals surface area contributed by atoms with Crippen LogP contribution in [-0.4, -0.2) is 104 Å². The van der Waals surface area contributed by atoms with Gasteiger partial charge in [-0.25, -0.2) is 14.6 Å². The number of aromatic nitrogens is 3. The predicted octanol–water partition coefficient (Wildman–Crippen LogP) is 2.15. The quantitative estimate of drug-likeness (QED) is 0.533. The van der Waals surface area contributed by atoms with Gasteiger partial charge < -0.3 is 24.4 Å². The van der Waals surface area contributed by atoms with Gasteiger partial charge in [-0.15, -0.1) is 0 Å². The molecule has 216 valence electrons. The third-order valence-corrected chi connectivity index (χ3v) is 5.34. The second-order valence-corrected chi connectivity index (χ2v) is 8.28. The summed E-state index contributed by atoms with van der Waals surface area (Å²) in [6.07, 6.45) is -4.68. The first-order valence-corrected chi connectivity index (χ1v) is 11.3. The highest BCUT2D eigenvalue weighted by Crippen LogP contribution is 2.19. The van der Waals surface area contributed by atoms with E-state index in [0.29, 0.717) is 18.2 Å². The Morgan fingerprint density at radius 3 is 2.03 bits per heavy atom. The lowest BCUT2D eigenvalue weighted by Crippen LogP contribution is -2.43. The first-order chi connectivity index (χ1) is 18.2. The number of ether oxygens (including phenoxy) is 1. The lowest BCUT2D eigenvalue weighted by atomic mass is 10.1. The number of morpholine rings is 1. The van der Waals surface area contributed by atoms with E-state index in [4.69, 9.17) is 24.5 Å². The van der Waals surface area contributed by atoms with Crippen LogP contribution in [-0.2, 0) is 27.4 Å². The number of pyridine rings is 1. The summed E-state index contributed by atoms with van der Waals surface area (Å²) >= 11 is 0. The largest absolute Gasteiger partial charge is 0.490 e. The van der Waals surface area contributed by atoms with Gasteiger partial charge in [-0.3, -0.25) is 14.7 Å². The molecule has 1 amide bonds. The molecule has 1 atom stereocenters. The maximum atomic E-state index is 12.9. The highest BCUT2D eigenvalue weighted by Gasteiger charge is 2.39. The molecule has 17 heteroatoms. The first-order valence-electron chi connectivity index (χ1n) is 11.3. The average Bonchev–Trinajstić information content (AvgIpc) is 3.22. The minimum atomic E-state index is -5.08. The van der Waals surface area contributed by atoms with Crippen LogP contribution in [0.25, 0.3) is 0 Å². The molecule has 1 unspecified atom stereocenters. The van der Waals surface area contributed by atoms with E-state index in [9.17, 15) is 31.1 Å². The van der Waals surface area contributed by atoms with Crippen molar-refractivity contribution in [3.63, 3.8) is 0 Å². The average molecular weight is 569 g/mol. The van der Waals surface area contributed by atoms with Gasteiger partial charge in [0.25, 0.3) is 5.91 Å². The number of fused-ring (bicyclic) bond motifs is 1. The third kappa shape index (κ3) is 10.5. The number of rotatable bonds is 3. The van der Waals surface area contributed by atoms with Gasteiger partial charge in [-0.2, -0.15) is 26.3 Å². The number of carboxylic acids is 2. The normalized spacial score (nSPS) is 17.9. The van der Waals surface area contributed by atoms with Crippen molar-refractivity contribution in [2.24, 2.45) is 5.92 Å². The summed E-state index contributed by atoms with van der Waals surface area (Å²) in [6.45, 7) is 6.60. The zero-order chi connectivity index (χ0) is 29.2. The molecule has 0 aliphatic carbocycles. The van der Waals surface area contributed by atoms with Crippen LogP contribution in [0.2, 0.25) is 0 Å². The first kappa shape index (κ1) is 31.5. The van der Waals surface area contributed by atoms with E-state index in [1.165, 1.54) is 0 Å². The Morgan fingerprint density at radius 2 is 1.51 bits per heavy atom. The van der Waals surface area contributed by atoms with E-state index in [-0.39, 0.29) is 5.91 Å². The molecule has 11 nitrogen and oxygen atoms in total. The zero-order valence-corrected chi connectivity index (χ0v) is 20.2. The molecule has 0 bridgehead atoms. The van der Waals surface area contributed by atoms with Crippen LogP contribution in [0.15, 0.2) is 36.8 Å². The summed E-state index contributed by atoms with van der Waals surface area (Å²) in [4.78, 5) is 43.7. The highest BCUT2D eigenvalue weighted by molar-refractivity contribution is 5.92. The Labute approximate surface area is 217 Å². The Balaban J connectivity index is 0.000000317. The molecule has 0 radical (unpaired) electrons. The molecule has 2 aromatic rings. The van der Waals surface area contributed by atoms with Crippen LogP contribution in [0.4, 0.5) is 26.3 Å². The number of aliphatic carboxylic acids is 2. The smallest absolute Gasteiger partial charge is 0.475 e. The molecular weight excluding hydrogens is 544 g/mol. The van der Waals surface area contributed by atoms with Crippen molar-refractivity contribution in [3.05, 3.63) is 48.3 Å². The Hall–Kier alpha value is -3.73. The van der Waals surface area contributed by atoms with Gasteiger partial charge in [-0.05, 0) is 12.1 Å². The number of imidazole rings is 1. The Bertz CT molecular complexity index is 1070. The molecule has 2 N–H and O–H groups in total. The fourth-order valence-electron chi connectivity index (χ4n) is 3.61. The highest BCUT2D eigenvalue weighted by atomic mass is 19.4. The number of hydrogen-bond donors (Lipinski definition) is 2. The van der Waals surface area contributed by atoms with Crippen LogP contribution in [0.5, 0.6) is 0 Å². The molecule has 2 aromatic heterocycles. The number of alkyl halides is 6. The molecule has 2 aliphatic heterocycles. The van der Waals surface area contributed by atoms with E-state index in [2.05, 4.69) is 19.4 Å². The van der Waals surface area contributed by atoms with Crippen LogP contribution in [0, 0.1) is 5.92 Å². The van der Waals surface area contributed by atoms with Gasteiger partial charge in [0, 0.05) is 57.2 Å². The number of halogens is 6. The van der Waals surface area contributed by atoms with Gasteiger partial charge >= 0.3 is 24.3 Å². The number of amides is 1. The second-order valence-electron chi connectivity index (χ2n) is 8.28. The summed E-state index contributed by atoms with van der Waals surface area (Å²) in [5, 5.41) is 14.2. The topological polar surface area (TPSA) is 138 Å². The number of nitrogens with zero attached hydrogens (tertiary/aromatic N) is 5. The standard InChI is InChI=1S/C18H23N5O2.2C2HF3O2/c24-18(16-3-1-2-4-19-16)23-13-15(11-21-7-9-25-10-8-21)12-22-6-5-20-17(22)14-23;2*3-2(4,5)1(6)7/h1-6,15H,7-14H2;2*(H,6,7). The molecule has 0 spiro atoms. The Kier molecular flexibility index (Phi) is 11.2. The van der Waals surface area contributed by atoms with Crippen LogP contribution in [0.3, 0.4) is 0 Å². The van der Waals surface area contributed by atoms with Gasteiger partial charge in [0.2, 0.25) is 0 Å². The maximum Gasteiger partial charge on any atom is 0.490 e. The molecule has 1 fully saturated rings. The Morgan fingerprint density at radius 1 is 0.923 bits per heavy atom. The van der Waals surface area contributed by atoms with E-state index >= 15 is 0 Å². The molecule has 4 heterocycles. The van der Waals surface area contributed by atoms with Crippen molar-refractivity contribution >= 4 is 17.8 Å². The van der Waals surface area contributed by atoms with Crippen molar-refractivity contribution in [2.75, 3.05) is 39.4 Å². The molecule has 4 rings (SSSR count). The van der Waals surface area contributed by atoms with Crippen molar-refractivity contribution in [1.82, 2.24) is 24.3 Å². The summed E-state index contributed by atoms with van der Waals surface area (Å²) in [5.74, 6) is -4.24. The number of hydrogen-bond acceptors (Lipinski definition) is 7. The molecular formula is C22H25F6N5O6. The van der Waals surface area contributed by atoms with Gasteiger partial charge in [0.1, 0.15) is 11.5 Å². The summed E-state index contributed by atoms with van der Waals surface area (Å²) < 4.78 is 71.1. The molecule has 0 aromatic carbocycles. The van der Waals surface area contributed by atoms with E-state index in [1.54, 1.807) is 12.3 Å². The third-order valence-electron chi connectivity index (χ3n) is 5.34. The van der Waals surface area contributed by atoms with Crippen molar-refractivity contribution in [1.29, 1.82) is 0 Å². The second kappa shape index (κ2) is 13.9. The maximum absolute atomic E-state index is 12.9.